The number of ether oxygens (including phenoxy) is 2. The summed E-state index contributed by atoms with van der Waals surface area (Å²) in [5.41, 5.74) is 0.987. The van der Waals surface area contributed by atoms with Crippen LogP contribution in [0.2, 0.25) is 0 Å². The molecule has 108 valence electrons. The van der Waals surface area contributed by atoms with Gasteiger partial charge in [0.1, 0.15) is 0 Å². The Labute approximate surface area is 119 Å². The fourth-order valence-corrected chi connectivity index (χ4v) is 2.85. The average molecular weight is 276 g/mol. The van der Waals surface area contributed by atoms with Crippen LogP contribution in [0.1, 0.15) is 30.7 Å². The maximum absolute atomic E-state index is 12.6. The minimum Gasteiger partial charge on any atom is -0.349 e. The first-order valence-corrected chi connectivity index (χ1v) is 6.87. The van der Waals surface area contributed by atoms with Crippen LogP contribution in [-0.4, -0.2) is 32.1 Å². The topological polar surface area (TPSA) is 52.6 Å². The van der Waals surface area contributed by atoms with E-state index in [1.807, 2.05) is 30.3 Å². The summed E-state index contributed by atoms with van der Waals surface area (Å²) < 4.78 is 9.96. The fourth-order valence-electron chi connectivity index (χ4n) is 2.85. The van der Waals surface area contributed by atoms with E-state index in [-0.39, 0.29) is 17.5 Å². The highest BCUT2D eigenvalue weighted by atomic mass is 16.7. The minimum absolute atomic E-state index is 0.00782. The molecule has 0 radical (unpaired) electrons. The van der Waals surface area contributed by atoms with E-state index >= 15 is 0 Å². The van der Waals surface area contributed by atoms with Crippen LogP contribution >= 0.6 is 0 Å². The second kappa shape index (κ2) is 6.77. The van der Waals surface area contributed by atoms with Crippen molar-refractivity contribution in [3.8, 4) is 0 Å². The number of rotatable bonds is 5. The van der Waals surface area contributed by atoms with Gasteiger partial charge in [-0.25, -0.2) is 0 Å². The molecule has 2 atom stereocenters. The number of carbonyl (C=O) groups excluding carboxylic acids is 2. The van der Waals surface area contributed by atoms with E-state index in [0.29, 0.717) is 6.42 Å². The number of benzene rings is 1. The molecule has 0 aliphatic heterocycles. The molecule has 0 saturated heterocycles. The largest absolute Gasteiger partial charge is 0.349 e. The number of hydrogen-bond acceptors (Lipinski definition) is 4. The highest BCUT2D eigenvalue weighted by molar-refractivity contribution is 6.06. The summed E-state index contributed by atoms with van der Waals surface area (Å²) in [4.78, 5) is 24.8. The van der Waals surface area contributed by atoms with Crippen LogP contribution in [0.3, 0.4) is 0 Å². The molecular weight excluding hydrogens is 256 g/mol. The molecule has 0 amide bonds. The summed E-state index contributed by atoms with van der Waals surface area (Å²) in [5, 5.41) is 0. The van der Waals surface area contributed by atoms with Crippen molar-refractivity contribution < 1.29 is 19.1 Å². The van der Waals surface area contributed by atoms with Crippen LogP contribution in [-0.2, 0) is 19.1 Å². The Kier molecular flexibility index (Phi) is 5.04. The Hall–Kier alpha value is -1.52. The SMILES string of the molecule is COC(OC)C(=O)[C@@H]1CCC[C@@H](c2ccccc2)C1=O. The second-order valence-electron chi connectivity index (χ2n) is 5.05. The first-order valence-electron chi connectivity index (χ1n) is 6.87. The minimum atomic E-state index is -0.946. The van der Waals surface area contributed by atoms with E-state index in [0.717, 1.165) is 18.4 Å². The van der Waals surface area contributed by atoms with Crippen molar-refractivity contribution >= 4 is 11.6 Å². The zero-order valence-corrected chi connectivity index (χ0v) is 11.9. The maximum atomic E-state index is 12.6. The lowest BCUT2D eigenvalue weighted by Crippen LogP contribution is -2.39. The Bertz CT molecular complexity index is 465. The van der Waals surface area contributed by atoms with Crippen molar-refractivity contribution in [1.29, 1.82) is 0 Å². The molecule has 0 aromatic heterocycles. The van der Waals surface area contributed by atoms with Gasteiger partial charge in [-0.15, -0.1) is 0 Å². The molecule has 1 aliphatic rings. The van der Waals surface area contributed by atoms with Gasteiger partial charge in [0.15, 0.2) is 11.6 Å². The third-order valence-electron chi connectivity index (χ3n) is 3.88. The summed E-state index contributed by atoms with van der Waals surface area (Å²) in [6.45, 7) is 0. The highest BCUT2D eigenvalue weighted by Crippen LogP contribution is 2.34. The molecule has 1 fully saturated rings. The van der Waals surface area contributed by atoms with Crippen molar-refractivity contribution in [2.75, 3.05) is 14.2 Å². The number of ketones is 2. The van der Waals surface area contributed by atoms with Gasteiger partial charge in [-0.3, -0.25) is 9.59 Å². The lowest BCUT2D eigenvalue weighted by atomic mass is 9.75. The standard InChI is InChI=1S/C16H20O4/c1-19-16(20-2)15(18)13-10-6-9-12(14(13)17)11-7-4-3-5-8-11/h3-5,7-8,12-13,16H,6,9-10H2,1-2H3/t12-,13+/m0/s1. The molecule has 0 bridgehead atoms. The number of methoxy groups -OCH3 is 2. The summed E-state index contributed by atoms with van der Waals surface area (Å²) >= 11 is 0. The van der Waals surface area contributed by atoms with E-state index < -0.39 is 12.2 Å². The van der Waals surface area contributed by atoms with E-state index in [9.17, 15) is 9.59 Å². The molecule has 1 aromatic rings. The molecule has 1 saturated carbocycles. The first-order chi connectivity index (χ1) is 9.69. The van der Waals surface area contributed by atoms with Crippen LogP contribution in [0, 0.1) is 5.92 Å². The fraction of sp³-hybridized carbons (Fsp3) is 0.500. The van der Waals surface area contributed by atoms with Crippen LogP contribution in [0.4, 0.5) is 0 Å². The zero-order chi connectivity index (χ0) is 14.5. The first kappa shape index (κ1) is 14.9. The monoisotopic (exact) mass is 276 g/mol. The lowest BCUT2D eigenvalue weighted by molar-refractivity contribution is -0.164. The van der Waals surface area contributed by atoms with Crippen molar-refractivity contribution in [3.05, 3.63) is 35.9 Å². The van der Waals surface area contributed by atoms with Crippen LogP contribution in [0.5, 0.6) is 0 Å². The molecular formula is C16H20O4. The zero-order valence-electron chi connectivity index (χ0n) is 11.9. The quantitative estimate of drug-likeness (QED) is 0.612. The van der Waals surface area contributed by atoms with Gasteiger partial charge < -0.3 is 9.47 Å². The Morgan fingerprint density at radius 3 is 2.40 bits per heavy atom. The van der Waals surface area contributed by atoms with E-state index in [1.54, 1.807) is 0 Å². The highest BCUT2D eigenvalue weighted by Gasteiger charge is 2.39. The summed E-state index contributed by atoms with van der Waals surface area (Å²) in [6, 6.07) is 9.65. The van der Waals surface area contributed by atoms with Crippen molar-refractivity contribution in [1.82, 2.24) is 0 Å². The van der Waals surface area contributed by atoms with Gasteiger partial charge in [-0.2, -0.15) is 0 Å². The predicted molar refractivity (Wildman–Crippen MR) is 74.3 cm³/mol. The van der Waals surface area contributed by atoms with Gasteiger partial charge in [-0.1, -0.05) is 36.8 Å². The molecule has 0 heterocycles. The maximum Gasteiger partial charge on any atom is 0.218 e. The molecule has 2 rings (SSSR count). The van der Waals surface area contributed by atoms with Gasteiger partial charge in [0.05, 0.1) is 5.92 Å². The van der Waals surface area contributed by atoms with Gasteiger partial charge in [0.25, 0.3) is 0 Å². The van der Waals surface area contributed by atoms with E-state index in [4.69, 9.17) is 9.47 Å². The molecule has 0 N–H and O–H groups in total. The molecule has 1 aromatic carbocycles. The molecule has 4 heteroatoms. The Balaban J connectivity index is 2.17. The molecule has 0 spiro atoms. The van der Waals surface area contributed by atoms with Crippen molar-refractivity contribution in [3.63, 3.8) is 0 Å². The van der Waals surface area contributed by atoms with Gasteiger partial charge in [0, 0.05) is 20.1 Å². The summed E-state index contributed by atoms with van der Waals surface area (Å²) in [6.07, 6.45) is 1.31. The van der Waals surface area contributed by atoms with E-state index in [2.05, 4.69) is 0 Å². The van der Waals surface area contributed by atoms with Crippen molar-refractivity contribution in [2.45, 2.75) is 31.5 Å². The summed E-state index contributed by atoms with van der Waals surface area (Å²) in [5.74, 6) is -1.07. The second-order valence-corrected chi connectivity index (χ2v) is 5.05. The van der Waals surface area contributed by atoms with Crippen LogP contribution in [0.25, 0.3) is 0 Å². The normalized spacial score (nSPS) is 23.1. The lowest BCUT2D eigenvalue weighted by Gasteiger charge is -2.28. The van der Waals surface area contributed by atoms with Gasteiger partial charge in [0.2, 0.25) is 6.29 Å². The van der Waals surface area contributed by atoms with Gasteiger partial charge in [-0.05, 0) is 18.4 Å². The molecule has 1 aliphatic carbocycles. The Morgan fingerprint density at radius 1 is 1.15 bits per heavy atom. The Morgan fingerprint density at radius 2 is 1.80 bits per heavy atom. The predicted octanol–water partition coefficient (Wildman–Crippen LogP) is 2.33. The van der Waals surface area contributed by atoms with Crippen molar-refractivity contribution in [2.24, 2.45) is 5.92 Å². The van der Waals surface area contributed by atoms with E-state index in [1.165, 1.54) is 14.2 Å². The smallest absolute Gasteiger partial charge is 0.218 e. The van der Waals surface area contributed by atoms with Crippen LogP contribution in [0.15, 0.2) is 30.3 Å². The number of hydrogen-bond donors (Lipinski definition) is 0. The molecule has 20 heavy (non-hydrogen) atoms. The van der Waals surface area contributed by atoms with Crippen LogP contribution < -0.4 is 0 Å². The molecule has 0 unspecified atom stereocenters. The molecule has 4 nitrogen and oxygen atoms in total. The third-order valence-corrected chi connectivity index (χ3v) is 3.88. The average Bonchev–Trinajstić information content (AvgIpc) is 2.49. The number of Topliss-reactive ketones (excluding diaryl/α,β-unsaturated/α-hetero) is 2. The van der Waals surface area contributed by atoms with Gasteiger partial charge >= 0.3 is 0 Å². The third kappa shape index (κ3) is 2.97. The summed E-state index contributed by atoms with van der Waals surface area (Å²) in [7, 11) is 2.82. The number of carbonyl (C=O) groups is 2.